The molecule has 5 nitrogen and oxygen atoms in total. The minimum atomic E-state index is -0.979. The summed E-state index contributed by atoms with van der Waals surface area (Å²) in [5, 5.41) is 11.7. The molecular formula is C19H21NO4. The lowest BCUT2D eigenvalue weighted by molar-refractivity contribution is -0.120. The van der Waals surface area contributed by atoms with Crippen molar-refractivity contribution in [1.82, 2.24) is 5.32 Å². The second-order valence-corrected chi connectivity index (χ2v) is 5.73. The largest absolute Gasteiger partial charge is 0.491 e. The molecule has 0 aliphatic carbocycles. The molecule has 5 heteroatoms. The maximum Gasteiger partial charge on any atom is 0.335 e. The van der Waals surface area contributed by atoms with E-state index in [-0.39, 0.29) is 24.0 Å². The highest BCUT2D eigenvalue weighted by Gasteiger charge is 2.08. The van der Waals surface area contributed by atoms with E-state index in [0.717, 1.165) is 16.9 Å². The molecule has 0 radical (unpaired) electrons. The summed E-state index contributed by atoms with van der Waals surface area (Å²) in [6.45, 7) is 4.29. The van der Waals surface area contributed by atoms with Crippen molar-refractivity contribution in [2.45, 2.75) is 32.9 Å². The van der Waals surface area contributed by atoms with Gasteiger partial charge in [0.2, 0.25) is 5.91 Å². The number of nitrogens with one attached hydrogen (secondary N) is 1. The van der Waals surface area contributed by atoms with E-state index in [4.69, 9.17) is 9.84 Å². The van der Waals surface area contributed by atoms with Crippen LogP contribution in [0.25, 0.3) is 0 Å². The van der Waals surface area contributed by atoms with Crippen LogP contribution in [-0.4, -0.2) is 23.1 Å². The molecule has 0 aliphatic heterocycles. The van der Waals surface area contributed by atoms with Crippen LogP contribution in [0.5, 0.6) is 5.75 Å². The Hall–Kier alpha value is -2.82. The average molecular weight is 327 g/mol. The Bertz CT molecular complexity index is 708. The molecule has 0 spiro atoms. The standard InChI is InChI=1S/C19H21NO4/c1-13(2)24-17-6-4-3-5-16(17)12-20-18(21)11-14-7-9-15(10-8-14)19(22)23/h3-10,13H,11-12H2,1-2H3,(H,20,21)(H,22,23). The summed E-state index contributed by atoms with van der Waals surface area (Å²) in [5.41, 5.74) is 1.89. The van der Waals surface area contributed by atoms with Gasteiger partial charge in [0.15, 0.2) is 0 Å². The minimum absolute atomic E-state index is 0.0644. The highest BCUT2D eigenvalue weighted by Crippen LogP contribution is 2.19. The molecule has 24 heavy (non-hydrogen) atoms. The maximum absolute atomic E-state index is 12.1. The van der Waals surface area contributed by atoms with Gasteiger partial charge in [0.25, 0.3) is 0 Å². The van der Waals surface area contributed by atoms with E-state index in [1.807, 2.05) is 38.1 Å². The number of hydrogen-bond donors (Lipinski definition) is 2. The number of carbonyl (C=O) groups is 2. The van der Waals surface area contributed by atoms with Crippen LogP contribution in [0, 0.1) is 0 Å². The number of aromatic carboxylic acids is 1. The molecule has 0 aliphatic rings. The summed E-state index contributed by atoms with van der Waals surface area (Å²) in [7, 11) is 0. The van der Waals surface area contributed by atoms with Crippen LogP contribution in [0.3, 0.4) is 0 Å². The molecule has 2 rings (SSSR count). The third-order valence-corrected chi connectivity index (χ3v) is 3.38. The van der Waals surface area contributed by atoms with Gasteiger partial charge in [0.05, 0.1) is 18.1 Å². The Morgan fingerprint density at radius 3 is 2.38 bits per heavy atom. The molecule has 2 N–H and O–H groups in total. The molecule has 0 saturated carbocycles. The minimum Gasteiger partial charge on any atom is -0.491 e. The molecule has 2 aromatic rings. The maximum atomic E-state index is 12.1. The van der Waals surface area contributed by atoms with Crippen LogP contribution in [0.1, 0.15) is 35.3 Å². The van der Waals surface area contributed by atoms with E-state index in [2.05, 4.69) is 5.32 Å². The van der Waals surface area contributed by atoms with Crippen molar-refractivity contribution in [3.63, 3.8) is 0 Å². The van der Waals surface area contributed by atoms with Gasteiger partial charge >= 0.3 is 5.97 Å². The van der Waals surface area contributed by atoms with E-state index in [9.17, 15) is 9.59 Å². The van der Waals surface area contributed by atoms with Crippen LogP contribution < -0.4 is 10.1 Å². The van der Waals surface area contributed by atoms with Crippen molar-refractivity contribution in [2.75, 3.05) is 0 Å². The lowest BCUT2D eigenvalue weighted by Gasteiger charge is -2.14. The third kappa shape index (κ3) is 5.12. The van der Waals surface area contributed by atoms with E-state index in [0.29, 0.717) is 6.54 Å². The van der Waals surface area contributed by atoms with Crippen molar-refractivity contribution >= 4 is 11.9 Å². The molecule has 126 valence electrons. The average Bonchev–Trinajstić information content (AvgIpc) is 2.54. The van der Waals surface area contributed by atoms with E-state index in [1.165, 1.54) is 12.1 Å². The third-order valence-electron chi connectivity index (χ3n) is 3.38. The number of carboxylic acid groups (broad SMARTS) is 1. The Morgan fingerprint density at radius 1 is 1.08 bits per heavy atom. The quantitative estimate of drug-likeness (QED) is 0.819. The lowest BCUT2D eigenvalue weighted by Crippen LogP contribution is -2.25. The number of hydrogen-bond acceptors (Lipinski definition) is 3. The zero-order chi connectivity index (χ0) is 17.5. The summed E-state index contributed by atoms with van der Waals surface area (Å²) in [4.78, 5) is 22.9. The van der Waals surface area contributed by atoms with Gasteiger partial charge in [-0.15, -0.1) is 0 Å². The van der Waals surface area contributed by atoms with Gasteiger partial charge in [-0.2, -0.15) is 0 Å². The Kier molecular flexibility index (Phi) is 5.95. The first-order valence-corrected chi connectivity index (χ1v) is 7.79. The van der Waals surface area contributed by atoms with E-state index >= 15 is 0 Å². The molecule has 0 saturated heterocycles. The Morgan fingerprint density at radius 2 is 1.75 bits per heavy atom. The summed E-state index contributed by atoms with van der Waals surface area (Å²) < 4.78 is 5.72. The molecule has 0 atom stereocenters. The van der Waals surface area contributed by atoms with Gasteiger partial charge in [0, 0.05) is 12.1 Å². The SMILES string of the molecule is CC(C)Oc1ccccc1CNC(=O)Cc1ccc(C(=O)O)cc1. The van der Waals surface area contributed by atoms with Crippen molar-refractivity contribution in [1.29, 1.82) is 0 Å². The number of carboxylic acids is 1. The predicted octanol–water partition coefficient (Wildman–Crippen LogP) is 3.03. The first-order chi connectivity index (χ1) is 11.5. The van der Waals surface area contributed by atoms with Crippen molar-refractivity contribution in [3.05, 3.63) is 65.2 Å². The molecular weight excluding hydrogens is 306 g/mol. The van der Waals surface area contributed by atoms with Gasteiger partial charge in [-0.05, 0) is 37.6 Å². The van der Waals surface area contributed by atoms with Gasteiger partial charge < -0.3 is 15.2 Å². The molecule has 2 aromatic carbocycles. The topological polar surface area (TPSA) is 75.6 Å². The molecule has 0 bridgehead atoms. The molecule has 0 aromatic heterocycles. The van der Waals surface area contributed by atoms with Gasteiger partial charge in [-0.1, -0.05) is 30.3 Å². The van der Waals surface area contributed by atoms with Crippen molar-refractivity contribution in [3.8, 4) is 5.75 Å². The summed E-state index contributed by atoms with van der Waals surface area (Å²) in [5.74, 6) is -0.344. The normalized spacial score (nSPS) is 10.5. The summed E-state index contributed by atoms with van der Waals surface area (Å²) in [6.07, 6.45) is 0.266. The highest BCUT2D eigenvalue weighted by atomic mass is 16.5. The predicted molar refractivity (Wildman–Crippen MR) is 91.2 cm³/mol. The number of rotatable bonds is 7. The fourth-order valence-electron chi connectivity index (χ4n) is 2.23. The monoisotopic (exact) mass is 327 g/mol. The summed E-state index contributed by atoms with van der Waals surface area (Å²) >= 11 is 0. The number of para-hydroxylation sites is 1. The molecule has 0 fully saturated rings. The van der Waals surface area contributed by atoms with Gasteiger partial charge in [-0.25, -0.2) is 4.79 Å². The molecule has 1 amide bonds. The number of amides is 1. The molecule has 0 heterocycles. The Labute approximate surface area is 141 Å². The zero-order valence-electron chi connectivity index (χ0n) is 13.8. The first-order valence-electron chi connectivity index (χ1n) is 7.79. The van der Waals surface area contributed by atoms with E-state index in [1.54, 1.807) is 12.1 Å². The van der Waals surface area contributed by atoms with Gasteiger partial charge in [0.1, 0.15) is 5.75 Å². The second kappa shape index (κ2) is 8.15. The van der Waals surface area contributed by atoms with Crippen LogP contribution in [0.15, 0.2) is 48.5 Å². The van der Waals surface area contributed by atoms with Crippen LogP contribution in [0.4, 0.5) is 0 Å². The van der Waals surface area contributed by atoms with Crippen molar-refractivity contribution < 1.29 is 19.4 Å². The lowest BCUT2D eigenvalue weighted by atomic mass is 10.1. The second-order valence-electron chi connectivity index (χ2n) is 5.73. The number of benzene rings is 2. The van der Waals surface area contributed by atoms with Gasteiger partial charge in [-0.3, -0.25) is 4.79 Å². The fraction of sp³-hybridized carbons (Fsp3) is 0.263. The van der Waals surface area contributed by atoms with E-state index < -0.39 is 5.97 Å². The first kappa shape index (κ1) is 17.5. The number of carbonyl (C=O) groups excluding carboxylic acids is 1. The fourth-order valence-corrected chi connectivity index (χ4v) is 2.23. The van der Waals surface area contributed by atoms with Crippen LogP contribution in [-0.2, 0) is 17.8 Å². The Balaban J connectivity index is 1.92. The zero-order valence-corrected chi connectivity index (χ0v) is 13.8. The smallest absolute Gasteiger partial charge is 0.335 e. The summed E-state index contributed by atoms with van der Waals surface area (Å²) in [6, 6.07) is 13.9. The van der Waals surface area contributed by atoms with Crippen molar-refractivity contribution in [2.24, 2.45) is 0 Å². The molecule has 0 unspecified atom stereocenters. The highest BCUT2D eigenvalue weighted by molar-refractivity contribution is 5.87. The van der Waals surface area contributed by atoms with Crippen LogP contribution >= 0.6 is 0 Å². The number of ether oxygens (including phenoxy) is 1. The van der Waals surface area contributed by atoms with Crippen LogP contribution in [0.2, 0.25) is 0 Å².